The molecule has 4 saturated carbocycles. The van der Waals surface area contributed by atoms with E-state index in [9.17, 15) is 19.2 Å². The van der Waals surface area contributed by atoms with E-state index < -0.39 is 52.6 Å². The fraction of sp³-hybridized carbons (Fsp3) is 0.529. The molecule has 44 heavy (non-hydrogen) atoms. The van der Waals surface area contributed by atoms with Crippen LogP contribution < -0.4 is 9.80 Å². The predicted octanol–water partition coefficient (Wildman–Crippen LogP) is 5.88. The number of carbonyl (C=O) groups excluding carboxylic acids is 4. The van der Waals surface area contributed by atoms with Crippen LogP contribution in [0.3, 0.4) is 0 Å². The molecule has 2 saturated heterocycles. The van der Waals surface area contributed by atoms with Gasteiger partial charge in [0.05, 0.1) is 10.8 Å². The summed E-state index contributed by atoms with van der Waals surface area (Å²) in [5.41, 5.74) is -1.44. The molecule has 2 aliphatic heterocycles. The number of para-hydroxylation sites is 2. The number of esters is 2. The number of anilines is 2. The van der Waals surface area contributed by atoms with Gasteiger partial charge in [-0.2, -0.15) is 0 Å². The number of amides is 2. The zero-order valence-corrected chi connectivity index (χ0v) is 29.6. The first-order valence-electron chi connectivity index (χ1n) is 15.1. The van der Waals surface area contributed by atoms with Gasteiger partial charge < -0.3 is 19.3 Å². The molecule has 6 atom stereocenters. The number of nitrogens with zero attached hydrogens (tertiary/aromatic N) is 2. The smallest absolute Gasteiger partial charge is 0.314 e. The SMILES string of the molecule is CC1(C)CN(c2ccccc2)C(=O)[C@@H]1OC(=O)[C@@]12C[C@@]3(I)C[C@]1(I)C[C@@]3(C(=O)O[C@H]1C(=O)N(c3ccccc3)CC1(C)C)C2. The fourth-order valence-electron chi connectivity index (χ4n) is 8.73. The van der Waals surface area contributed by atoms with E-state index in [0.29, 0.717) is 38.8 Å². The van der Waals surface area contributed by atoms with Crippen molar-refractivity contribution in [1.82, 2.24) is 0 Å². The van der Waals surface area contributed by atoms with E-state index in [2.05, 4.69) is 45.2 Å². The minimum atomic E-state index is -0.921. The third-order valence-electron chi connectivity index (χ3n) is 10.9. The first-order chi connectivity index (χ1) is 20.6. The molecule has 10 heteroatoms. The minimum absolute atomic E-state index is 0.225. The number of ether oxygens (including phenoxy) is 2. The average Bonchev–Trinajstić information content (AvgIpc) is 3.68. The van der Waals surface area contributed by atoms with Crippen LogP contribution in [0.2, 0.25) is 0 Å². The monoisotopic (exact) mass is 822 g/mol. The van der Waals surface area contributed by atoms with Gasteiger partial charge in [-0.15, -0.1) is 0 Å². The number of alkyl halides is 2. The van der Waals surface area contributed by atoms with Crippen LogP contribution >= 0.6 is 45.2 Å². The maximum atomic E-state index is 14.3. The van der Waals surface area contributed by atoms with Crippen LogP contribution in [-0.4, -0.2) is 55.9 Å². The molecule has 8 nitrogen and oxygen atoms in total. The average molecular weight is 822 g/mol. The van der Waals surface area contributed by atoms with Crippen molar-refractivity contribution < 1.29 is 28.7 Å². The van der Waals surface area contributed by atoms with Crippen molar-refractivity contribution in [1.29, 1.82) is 0 Å². The van der Waals surface area contributed by atoms with E-state index in [1.165, 1.54) is 0 Å². The van der Waals surface area contributed by atoms with E-state index in [0.717, 1.165) is 11.4 Å². The van der Waals surface area contributed by atoms with Crippen LogP contribution in [-0.2, 0) is 28.7 Å². The Morgan fingerprint density at radius 2 is 1.00 bits per heavy atom. The van der Waals surface area contributed by atoms with Gasteiger partial charge in [0, 0.05) is 42.1 Å². The molecule has 0 N–H and O–H groups in total. The van der Waals surface area contributed by atoms with E-state index in [1.54, 1.807) is 9.80 Å². The number of carbonyl (C=O) groups is 4. The second-order valence-corrected chi connectivity index (χ2v) is 19.0. The van der Waals surface area contributed by atoms with Crippen LogP contribution in [0.5, 0.6) is 0 Å². The van der Waals surface area contributed by atoms with Crippen molar-refractivity contribution in [3.63, 3.8) is 0 Å². The Hall–Kier alpha value is -2.22. The van der Waals surface area contributed by atoms with E-state index >= 15 is 0 Å². The summed E-state index contributed by atoms with van der Waals surface area (Å²) in [5, 5.41) is 0. The molecule has 2 amide bonds. The lowest BCUT2D eigenvalue weighted by atomic mass is 9.79. The fourth-order valence-corrected chi connectivity index (χ4v) is 13.3. The van der Waals surface area contributed by atoms with Crippen molar-refractivity contribution in [3.8, 4) is 0 Å². The Morgan fingerprint density at radius 3 is 1.34 bits per heavy atom. The Bertz CT molecular complexity index is 1470. The summed E-state index contributed by atoms with van der Waals surface area (Å²) in [7, 11) is 0. The lowest BCUT2D eigenvalue weighted by Crippen LogP contribution is -2.46. The molecular weight excluding hydrogens is 786 g/mol. The van der Waals surface area contributed by atoms with Crippen LogP contribution in [0.15, 0.2) is 60.7 Å². The van der Waals surface area contributed by atoms with Gasteiger partial charge in [-0.1, -0.05) is 109 Å². The van der Waals surface area contributed by atoms with E-state index in [-0.39, 0.29) is 11.8 Å². The van der Waals surface area contributed by atoms with Gasteiger partial charge in [-0.3, -0.25) is 19.2 Å². The van der Waals surface area contributed by atoms with Crippen LogP contribution in [0.25, 0.3) is 0 Å². The molecule has 4 aliphatic carbocycles. The standard InChI is InChI=1S/C34H36I2N2O6/c1-29(2)19-37(21-11-7-5-8-12-21)25(39)23(29)43-27(41)31-15-32(17-33(31,35)18-34(32,36)16-31)28(42)44-24-26(40)38(20-30(24,3)4)22-13-9-6-10-14-22/h5-14,23-24H,15-20H2,1-4H3/t23-,24-,31+,32+,33+,34+/m0/s1. The first kappa shape index (κ1) is 30.4. The van der Waals surface area contributed by atoms with Crippen molar-refractivity contribution in [3.05, 3.63) is 60.7 Å². The molecule has 0 radical (unpaired) electrons. The first-order valence-corrected chi connectivity index (χ1v) is 17.3. The Labute approximate surface area is 284 Å². The van der Waals surface area contributed by atoms with Gasteiger partial charge in [-0.05, 0) is 49.9 Å². The lowest BCUT2D eigenvalue weighted by molar-refractivity contribution is -0.170. The summed E-state index contributed by atoms with van der Waals surface area (Å²) in [6.07, 6.45) is 0.0998. The highest BCUT2D eigenvalue weighted by Gasteiger charge is 2.88. The second-order valence-electron chi connectivity index (χ2n) is 14.9. The second kappa shape index (κ2) is 9.65. The van der Waals surface area contributed by atoms with Crippen molar-refractivity contribution in [2.75, 3.05) is 22.9 Å². The molecule has 6 fully saturated rings. The zero-order valence-electron chi connectivity index (χ0n) is 25.3. The number of halogens is 2. The molecule has 6 aliphatic rings. The van der Waals surface area contributed by atoms with Crippen molar-refractivity contribution in [2.24, 2.45) is 21.7 Å². The Balaban J connectivity index is 1.13. The third kappa shape index (κ3) is 4.03. The molecule has 2 heterocycles. The molecule has 8 rings (SSSR count). The summed E-state index contributed by atoms with van der Waals surface area (Å²) < 4.78 is 11.4. The third-order valence-corrected chi connectivity index (χ3v) is 14.5. The maximum absolute atomic E-state index is 14.3. The molecule has 0 unspecified atom stereocenters. The van der Waals surface area contributed by atoms with Crippen molar-refractivity contribution in [2.45, 2.75) is 72.4 Å². The van der Waals surface area contributed by atoms with Gasteiger partial charge >= 0.3 is 11.9 Å². The van der Waals surface area contributed by atoms with Gasteiger partial charge in [0.25, 0.3) is 11.8 Å². The number of hydrogen-bond donors (Lipinski definition) is 0. The van der Waals surface area contributed by atoms with E-state index in [1.807, 2.05) is 88.4 Å². The number of benzene rings is 2. The summed E-state index contributed by atoms with van der Waals surface area (Å²) in [5.74, 6) is -1.24. The molecule has 2 aromatic rings. The highest BCUT2D eigenvalue weighted by molar-refractivity contribution is 14.1. The van der Waals surface area contributed by atoms with Gasteiger partial charge in [0.15, 0.2) is 12.2 Å². The largest absolute Gasteiger partial charge is 0.451 e. The van der Waals surface area contributed by atoms with Crippen LogP contribution in [0.1, 0.15) is 53.4 Å². The maximum Gasteiger partial charge on any atom is 0.314 e. The van der Waals surface area contributed by atoms with Crippen molar-refractivity contribution >= 4 is 80.3 Å². The topological polar surface area (TPSA) is 93.2 Å². The highest BCUT2D eigenvalue weighted by atomic mass is 127. The lowest BCUT2D eigenvalue weighted by Gasteiger charge is -2.35. The molecular formula is C34H36I2N2O6. The molecule has 4 bridgehead atoms. The molecule has 0 spiro atoms. The number of rotatable bonds is 6. The van der Waals surface area contributed by atoms with E-state index in [4.69, 9.17) is 9.47 Å². The van der Waals surface area contributed by atoms with Crippen LogP contribution in [0.4, 0.5) is 11.4 Å². The summed E-state index contributed by atoms with van der Waals surface area (Å²) in [4.78, 5) is 59.2. The normalized spacial score (nSPS) is 37.7. The summed E-state index contributed by atoms with van der Waals surface area (Å²) in [6, 6.07) is 18.9. The molecule has 232 valence electrons. The van der Waals surface area contributed by atoms with Gasteiger partial charge in [0.1, 0.15) is 0 Å². The Kier molecular flexibility index (Phi) is 6.67. The highest BCUT2D eigenvalue weighted by Crippen LogP contribution is 2.85. The quantitative estimate of drug-likeness (QED) is 0.206. The summed E-state index contributed by atoms with van der Waals surface area (Å²) >= 11 is 4.75. The summed E-state index contributed by atoms with van der Waals surface area (Å²) in [6.45, 7) is 8.68. The van der Waals surface area contributed by atoms with Gasteiger partial charge in [0.2, 0.25) is 0 Å². The number of hydrogen-bond acceptors (Lipinski definition) is 6. The van der Waals surface area contributed by atoms with Gasteiger partial charge in [-0.25, -0.2) is 0 Å². The zero-order chi connectivity index (χ0) is 31.5. The Morgan fingerprint density at radius 1 is 0.636 bits per heavy atom. The predicted molar refractivity (Wildman–Crippen MR) is 182 cm³/mol. The molecule has 0 aromatic heterocycles. The minimum Gasteiger partial charge on any atom is -0.451 e. The molecule has 2 aromatic carbocycles. The van der Waals surface area contributed by atoms with Crippen LogP contribution in [0, 0.1) is 21.7 Å².